The monoisotopic (exact) mass is 603 g/mol. The molecule has 0 aliphatic heterocycles. The maximum Gasteiger partial charge on any atom is 0.0528 e. The van der Waals surface area contributed by atoms with Crippen LogP contribution in [-0.2, 0) is 0 Å². The minimum absolute atomic E-state index is 1.08. The summed E-state index contributed by atoms with van der Waals surface area (Å²) in [5, 5.41) is 1.20. The molecule has 3 heteroatoms. The molecule has 0 radical (unpaired) electrons. The molecule has 0 fully saturated rings. The lowest BCUT2D eigenvalue weighted by molar-refractivity contribution is 1.13. The van der Waals surface area contributed by atoms with E-state index in [2.05, 4.69) is 215 Å². The van der Waals surface area contributed by atoms with Crippen molar-refractivity contribution in [2.24, 2.45) is 0 Å². The van der Waals surface area contributed by atoms with E-state index in [1.807, 2.05) is 0 Å². The first-order valence-electron chi connectivity index (χ1n) is 15.9. The fourth-order valence-electron chi connectivity index (χ4n) is 6.36. The number of benzene rings is 7. The van der Waals surface area contributed by atoms with Crippen molar-refractivity contribution in [3.05, 3.63) is 200 Å². The molecule has 0 saturated carbocycles. The Bertz CT molecular complexity index is 2050. The smallest absolute Gasteiger partial charge is 0.0528 e. The van der Waals surface area contributed by atoms with Gasteiger partial charge in [-0.3, -0.25) is 0 Å². The number of fused-ring (bicyclic) bond motifs is 1. The molecule has 0 atom stereocenters. The van der Waals surface area contributed by atoms with Crippen LogP contribution in [0, 0.1) is 0 Å². The summed E-state index contributed by atoms with van der Waals surface area (Å²) in [6.07, 6.45) is 2.16. The maximum absolute atomic E-state index is 2.34. The highest BCUT2D eigenvalue weighted by molar-refractivity contribution is 5.91. The zero-order chi connectivity index (χ0) is 31.4. The molecule has 224 valence electrons. The molecule has 8 aromatic rings. The lowest BCUT2D eigenvalue weighted by Gasteiger charge is -2.30. The van der Waals surface area contributed by atoms with Gasteiger partial charge in [0.25, 0.3) is 0 Å². The summed E-state index contributed by atoms with van der Waals surface area (Å²) in [7, 11) is 0. The quantitative estimate of drug-likeness (QED) is 0.171. The number of anilines is 6. The van der Waals surface area contributed by atoms with Gasteiger partial charge in [0.15, 0.2) is 0 Å². The van der Waals surface area contributed by atoms with Crippen LogP contribution in [-0.4, -0.2) is 4.57 Å². The SMILES string of the molecule is c1ccc(N(c2ccccc2)c2cc(-c3ccc4c(ccn4-c4ccccc4)c3)cc(N(c3ccccc3)c3ccccc3)c2)cc1. The van der Waals surface area contributed by atoms with E-state index in [-0.39, 0.29) is 0 Å². The minimum Gasteiger partial charge on any atom is -0.317 e. The molecule has 1 heterocycles. The lowest BCUT2D eigenvalue weighted by atomic mass is 10.0. The summed E-state index contributed by atoms with van der Waals surface area (Å²) in [6, 6.07) is 68.9. The van der Waals surface area contributed by atoms with Crippen LogP contribution in [0.3, 0.4) is 0 Å². The van der Waals surface area contributed by atoms with Crippen LogP contribution in [0.2, 0.25) is 0 Å². The molecule has 1 aromatic heterocycles. The average Bonchev–Trinajstić information content (AvgIpc) is 3.58. The van der Waals surface area contributed by atoms with Gasteiger partial charge in [0.2, 0.25) is 0 Å². The van der Waals surface area contributed by atoms with Gasteiger partial charge >= 0.3 is 0 Å². The van der Waals surface area contributed by atoms with Gasteiger partial charge in [-0.2, -0.15) is 0 Å². The van der Waals surface area contributed by atoms with E-state index in [1.54, 1.807) is 0 Å². The van der Waals surface area contributed by atoms with Gasteiger partial charge < -0.3 is 14.4 Å². The zero-order valence-corrected chi connectivity index (χ0v) is 25.9. The van der Waals surface area contributed by atoms with E-state index in [0.29, 0.717) is 0 Å². The van der Waals surface area contributed by atoms with Crippen LogP contribution in [0.4, 0.5) is 34.1 Å². The molecule has 0 aliphatic rings. The van der Waals surface area contributed by atoms with Crippen molar-refractivity contribution in [2.45, 2.75) is 0 Å². The molecule has 0 spiro atoms. The van der Waals surface area contributed by atoms with Crippen molar-refractivity contribution in [1.29, 1.82) is 0 Å². The Labute approximate surface area is 275 Å². The van der Waals surface area contributed by atoms with Crippen LogP contribution in [0.5, 0.6) is 0 Å². The van der Waals surface area contributed by atoms with Gasteiger partial charge in [-0.1, -0.05) is 97.1 Å². The molecule has 47 heavy (non-hydrogen) atoms. The third-order valence-electron chi connectivity index (χ3n) is 8.53. The second kappa shape index (κ2) is 12.6. The van der Waals surface area contributed by atoms with Crippen molar-refractivity contribution < 1.29 is 0 Å². The molecule has 0 saturated heterocycles. The van der Waals surface area contributed by atoms with Crippen LogP contribution in [0.25, 0.3) is 27.7 Å². The van der Waals surface area contributed by atoms with Crippen LogP contribution >= 0.6 is 0 Å². The highest BCUT2D eigenvalue weighted by Crippen LogP contribution is 2.43. The summed E-state index contributed by atoms with van der Waals surface area (Å²) in [5.74, 6) is 0. The Morgan fingerprint density at radius 3 is 1.19 bits per heavy atom. The van der Waals surface area contributed by atoms with E-state index < -0.39 is 0 Å². The number of para-hydroxylation sites is 5. The van der Waals surface area contributed by atoms with Gasteiger partial charge in [0.05, 0.1) is 5.52 Å². The third kappa shape index (κ3) is 5.67. The highest BCUT2D eigenvalue weighted by atomic mass is 15.2. The predicted molar refractivity (Wildman–Crippen MR) is 198 cm³/mol. The molecule has 0 bridgehead atoms. The fourth-order valence-corrected chi connectivity index (χ4v) is 6.36. The fraction of sp³-hybridized carbons (Fsp3) is 0. The van der Waals surface area contributed by atoms with Crippen molar-refractivity contribution >= 4 is 45.0 Å². The molecule has 0 unspecified atom stereocenters. The van der Waals surface area contributed by atoms with Gasteiger partial charge in [-0.05, 0) is 108 Å². The lowest BCUT2D eigenvalue weighted by Crippen LogP contribution is -2.13. The zero-order valence-electron chi connectivity index (χ0n) is 25.9. The van der Waals surface area contributed by atoms with Gasteiger partial charge in [-0.25, -0.2) is 0 Å². The molecule has 0 N–H and O–H groups in total. The van der Waals surface area contributed by atoms with Crippen LogP contribution in [0.1, 0.15) is 0 Å². The maximum atomic E-state index is 2.34. The Morgan fingerprint density at radius 1 is 0.319 bits per heavy atom. The second-order valence-corrected chi connectivity index (χ2v) is 11.5. The number of nitrogens with zero attached hydrogens (tertiary/aromatic N) is 3. The summed E-state index contributed by atoms with van der Waals surface area (Å²) in [6.45, 7) is 0. The standard InChI is InChI=1S/C44H33N3/c1-6-16-37(17-7-1)45-29-28-35-30-34(26-27-44(35)45)36-31-42(46(38-18-8-2-9-19-38)39-20-10-3-11-21-39)33-43(32-36)47(40-22-12-4-13-23-40)41-24-14-5-15-25-41/h1-33H. The van der Waals surface area contributed by atoms with E-state index in [0.717, 1.165) is 50.9 Å². The Balaban J connectivity index is 1.35. The van der Waals surface area contributed by atoms with E-state index in [1.165, 1.54) is 10.9 Å². The first kappa shape index (κ1) is 28.2. The molecular weight excluding hydrogens is 571 g/mol. The van der Waals surface area contributed by atoms with Crippen molar-refractivity contribution in [3.63, 3.8) is 0 Å². The number of hydrogen-bond acceptors (Lipinski definition) is 2. The van der Waals surface area contributed by atoms with Crippen molar-refractivity contribution in [2.75, 3.05) is 9.80 Å². The summed E-state index contributed by atoms with van der Waals surface area (Å²) >= 11 is 0. The van der Waals surface area contributed by atoms with E-state index in [9.17, 15) is 0 Å². The average molecular weight is 604 g/mol. The minimum atomic E-state index is 1.08. The molecule has 0 amide bonds. The summed E-state index contributed by atoms with van der Waals surface area (Å²) in [5.41, 5.74) is 11.2. The Hall–Kier alpha value is -6.32. The number of aromatic nitrogens is 1. The van der Waals surface area contributed by atoms with Gasteiger partial charge in [0.1, 0.15) is 0 Å². The topological polar surface area (TPSA) is 11.4 Å². The van der Waals surface area contributed by atoms with Crippen molar-refractivity contribution in [1.82, 2.24) is 4.57 Å². The predicted octanol–water partition coefficient (Wildman–Crippen LogP) is 12.2. The van der Waals surface area contributed by atoms with E-state index >= 15 is 0 Å². The van der Waals surface area contributed by atoms with Crippen LogP contribution < -0.4 is 9.80 Å². The normalized spacial score (nSPS) is 11.0. The molecule has 8 rings (SSSR count). The number of hydrogen-bond donors (Lipinski definition) is 0. The largest absolute Gasteiger partial charge is 0.317 e. The van der Waals surface area contributed by atoms with Gasteiger partial charge in [0, 0.05) is 51.4 Å². The second-order valence-electron chi connectivity index (χ2n) is 11.5. The highest BCUT2D eigenvalue weighted by Gasteiger charge is 2.19. The van der Waals surface area contributed by atoms with Crippen molar-refractivity contribution in [3.8, 4) is 16.8 Å². The Kier molecular flexibility index (Phi) is 7.54. The third-order valence-corrected chi connectivity index (χ3v) is 8.53. The summed E-state index contributed by atoms with van der Waals surface area (Å²) in [4.78, 5) is 4.68. The molecule has 3 nitrogen and oxygen atoms in total. The molecule has 0 aliphatic carbocycles. The van der Waals surface area contributed by atoms with Gasteiger partial charge in [-0.15, -0.1) is 0 Å². The first-order chi connectivity index (χ1) is 23.3. The van der Waals surface area contributed by atoms with E-state index in [4.69, 9.17) is 0 Å². The summed E-state index contributed by atoms with van der Waals surface area (Å²) < 4.78 is 2.25. The Morgan fingerprint density at radius 2 is 0.745 bits per heavy atom. The molecular formula is C44H33N3. The molecule has 7 aromatic carbocycles. The number of rotatable bonds is 8. The first-order valence-corrected chi connectivity index (χ1v) is 15.9. The van der Waals surface area contributed by atoms with Crippen LogP contribution in [0.15, 0.2) is 200 Å².